The number of hydrogen-bond acceptors (Lipinski definition) is 5. The number of hydrogen-bond donors (Lipinski definition) is 0. The van der Waals surface area contributed by atoms with Crippen LogP contribution < -0.4 is 16.0 Å². The van der Waals surface area contributed by atoms with Gasteiger partial charge >= 0.3 is 5.69 Å². The Hall–Kier alpha value is -3.89. The van der Waals surface area contributed by atoms with E-state index in [2.05, 4.69) is 0 Å². The van der Waals surface area contributed by atoms with Gasteiger partial charge in [-0.2, -0.15) is 0 Å². The molecule has 0 aliphatic heterocycles. The van der Waals surface area contributed by atoms with E-state index in [1.807, 2.05) is 49.3 Å². The molecule has 0 saturated carbocycles. The first-order valence-corrected chi connectivity index (χ1v) is 15.1. The summed E-state index contributed by atoms with van der Waals surface area (Å²) in [6.45, 7) is 1.97. The van der Waals surface area contributed by atoms with Crippen LogP contribution in [0, 0.1) is 18.6 Å². The summed E-state index contributed by atoms with van der Waals surface area (Å²) in [7, 11) is 3.67. The number of nitrogens with zero attached hydrogens (tertiary/aromatic N) is 3. The maximum atomic E-state index is 15.6. The fraction of sp³-hybridized carbons (Fsp3) is 0.312. The molecule has 0 fully saturated rings. The van der Waals surface area contributed by atoms with E-state index in [1.54, 1.807) is 12.1 Å². The molecule has 4 rings (SSSR count). The molecule has 0 N–H and O–H groups in total. The standard InChI is InChI=1S/C32H35F2N3O4S/c1-21-29(24-13-9-15-27(41-4)30(24)34)31(38)37(19-23(17-18-35(2)3)22-11-7-6-8-12-22)32(39)36(21)20-25-26(33)14-10-16-28(25)42(5)40/h6-16,23H,17-20H2,1-5H3/t23-,42?/m0/s1. The minimum absolute atomic E-state index is 0.0260. The molecule has 10 heteroatoms. The van der Waals surface area contributed by atoms with Crippen LogP contribution in [0.1, 0.15) is 29.2 Å². The Balaban J connectivity index is 2.00. The van der Waals surface area contributed by atoms with Crippen molar-refractivity contribution in [2.24, 2.45) is 0 Å². The highest BCUT2D eigenvalue weighted by Gasteiger charge is 2.25. The van der Waals surface area contributed by atoms with Crippen molar-refractivity contribution < 1.29 is 17.7 Å². The zero-order valence-electron chi connectivity index (χ0n) is 24.4. The van der Waals surface area contributed by atoms with E-state index in [0.717, 1.165) is 10.1 Å². The van der Waals surface area contributed by atoms with E-state index in [1.165, 1.54) is 49.1 Å². The van der Waals surface area contributed by atoms with Gasteiger partial charge in [0.1, 0.15) is 5.82 Å². The van der Waals surface area contributed by atoms with Crippen LogP contribution in [0.3, 0.4) is 0 Å². The summed E-state index contributed by atoms with van der Waals surface area (Å²) < 4.78 is 50.7. The van der Waals surface area contributed by atoms with Crippen LogP contribution >= 0.6 is 0 Å². The van der Waals surface area contributed by atoms with Crippen molar-refractivity contribution in [2.75, 3.05) is 34.0 Å². The quantitative estimate of drug-likeness (QED) is 0.249. The molecule has 0 aliphatic carbocycles. The lowest BCUT2D eigenvalue weighted by atomic mass is 9.95. The van der Waals surface area contributed by atoms with Gasteiger partial charge in [-0.05, 0) is 57.7 Å². The highest BCUT2D eigenvalue weighted by molar-refractivity contribution is 7.84. The van der Waals surface area contributed by atoms with Crippen LogP contribution in [0.5, 0.6) is 5.75 Å². The van der Waals surface area contributed by atoms with E-state index in [4.69, 9.17) is 4.74 Å². The summed E-state index contributed by atoms with van der Waals surface area (Å²) in [4.78, 5) is 30.5. The van der Waals surface area contributed by atoms with E-state index in [-0.39, 0.29) is 52.0 Å². The van der Waals surface area contributed by atoms with Crippen LogP contribution in [-0.4, -0.2) is 52.2 Å². The first kappa shape index (κ1) is 31.1. The van der Waals surface area contributed by atoms with Crippen molar-refractivity contribution >= 4 is 10.8 Å². The Bertz CT molecular complexity index is 1720. The summed E-state index contributed by atoms with van der Waals surface area (Å²) in [5.41, 5.74) is -0.194. The summed E-state index contributed by atoms with van der Waals surface area (Å²) in [5, 5.41) is 0. The van der Waals surface area contributed by atoms with Gasteiger partial charge in [0.05, 0.1) is 30.0 Å². The summed E-state index contributed by atoms with van der Waals surface area (Å²) in [5.74, 6) is -1.65. The van der Waals surface area contributed by atoms with Gasteiger partial charge in [0.2, 0.25) is 0 Å². The largest absolute Gasteiger partial charge is 0.494 e. The van der Waals surface area contributed by atoms with Crippen molar-refractivity contribution in [2.45, 2.75) is 37.2 Å². The number of methoxy groups -OCH3 is 1. The summed E-state index contributed by atoms with van der Waals surface area (Å²) in [6.07, 6.45) is 2.08. The Labute approximate surface area is 246 Å². The van der Waals surface area contributed by atoms with Gasteiger partial charge in [-0.3, -0.25) is 18.1 Å². The van der Waals surface area contributed by atoms with E-state index >= 15 is 8.78 Å². The number of aromatic nitrogens is 2. The zero-order chi connectivity index (χ0) is 30.6. The Kier molecular flexibility index (Phi) is 9.90. The highest BCUT2D eigenvalue weighted by atomic mass is 32.2. The molecule has 42 heavy (non-hydrogen) atoms. The molecule has 4 aromatic rings. The third kappa shape index (κ3) is 6.44. The highest BCUT2D eigenvalue weighted by Crippen LogP contribution is 2.30. The van der Waals surface area contributed by atoms with Gasteiger partial charge in [-0.1, -0.05) is 48.5 Å². The molecule has 7 nitrogen and oxygen atoms in total. The molecule has 1 unspecified atom stereocenters. The minimum atomic E-state index is -1.54. The molecule has 0 aliphatic rings. The predicted octanol–water partition coefficient (Wildman–Crippen LogP) is 4.79. The summed E-state index contributed by atoms with van der Waals surface area (Å²) >= 11 is 0. The van der Waals surface area contributed by atoms with Gasteiger partial charge < -0.3 is 9.64 Å². The Morgan fingerprint density at radius 1 is 0.952 bits per heavy atom. The van der Waals surface area contributed by atoms with Gasteiger partial charge in [0.25, 0.3) is 5.56 Å². The fourth-order valence-electron chi connectivity index (χ4n) is 5.16. The minimum Gasteiger partial charge on any atom is -0.494 e. The second-order valence-electron chi connectivity index (χ2n) is 10.4. The van der Waals surface area contributed by atoms with Crippen molar-refractivity contribution in [3.63, 3.8) is 0 Å². The van der Waals surface area contributed by atoms with Gasteiger partial charge in [0.15, 0.2) is 11.6 Å². The Morgan fingerprint density at radius 2 is 1.64 bits per heavy atom. The monoisotopic (exact) mass is 595 g/mol. The second kappa shape index (κ2) is 13.4. The van der Waals surface area contributed by atoms with Gasteiger partial charge in [-0.25, -0.2) is 13.6 Å². The average Bonchev–Trinajstić information content (AvgIpc) is 2.96. The van der Waals surface area contributed by atoms with Crippen molar-refractivity contribution in [3.05, 3.63) is 116 Å². The molecule has 0 bridgehead atoms. The van der Waals surface area contributed by atoms with Crippen LogP contribution in [-0.2, 0) is 23.9 Å². The lowest BCUT2D eigenvalue weighted by Crippen LogP contribution is -2.43. The Morgan fingerprint density at radius 3 is 2.29 bits per heavy atom. The second-order valence-corrected chi connectivity index (χ2v) is 11.8. The molecule has 0 saturated heterocycles. The van der Waals surface area contributed by atoms with Crippen molar-refractivity contribution in [3.8, 4) is 16.9 Å². The molecule has 0 radical (unpaired) electrons. The number of halogens is 2. The van der Waals surface area contributed by atoms with Crippen molar-refractivity contribution in [1.82, 2.24) is 14.0 Å². The fourth-order valence-corrected chi connectivity index (χ4v) is 5.94. The van der Waals surface area contributed by atoms with E-state index in [9.17, 15) is 13.8 Å². The van der Waals surface area contributed by atoms with Gasteiger partial charge in [-0.15, -0.1) is 0 Å². The average molecular weight is 596 g/mol. The molecule has 1 heterocycles. The number of ether oxygens (including phenoxy) is 1. The first-order valence-electron chi connectivity index (χ1n) is 13.5. The third-order valence-electron chi connectivity index (χ3n) is 7.44. The van der Waals surface area contributed by atoms with E-state index in [0.29, 0.717) is 13.0 Å². The third-order valence-corrected chi connectivity index (χ3v) is 8.44. The molecule has 2 atom stereocenters. The number of benzene rings is 3. The lowest BCUT2D eigenvalue weighted by Gasteiger charge is -2.23. The molecule has 1 aromatic heterocycles. The molecular weight excluding hydrogens is 560 g/mol. The summed E-state index contributed by atoms with van der Waals surface area (Å²) in [6, 6.07) is 18.3. The van der Waals surface area contributed by atoms with Crippen molar-refractivity contribution in [1.29, 1.82) is 0 Å². The molecule has 3 aromatic carbocycles. The lowest BCUT2D eigenvalue weighted by molar-refractivity contribution is 0.363. The predicted molar refractivity (Wildman–Crippen MR) is 162 cm³/mol. The maximum absolute atomic E-state index is 15.6. The smallest absolute Gasteiger partial charge is 0.331 e. The SMILES string of the molecule is COc1cccc(-c2c(C)n(Cc3c(F)cccc3S(C)=O)c(=O)n(C[C@H](CCN(C)C)c3ccccc3)c2=O)c1F. The number of rotatable bonds is 11. The molecular formula is C32H35F2N3O4S. The maximum Gasteiger partial charge on any atom is 0.331 e. The van der Waals surface area contributed by atoms with Crippen LogP contribution in [0.4, 0.5) is 8.78 Å². The first-order chi connectivity index (χ1) is 20.0. The van der Waals surface area contributed by atoms with E-state index < -0.39 is 33.7 Å². The van der Waals surface area contributed by atoms with Gasteiger partial charge in [0, 0.05) is 40.4 Å². The molecule has 222 valence electrons. The van der Waals surface area contributed by atoms with Crippen LogP contribution in [0.25, 0.3) is 11.1 Å². The van der Waals surface area contributed by atoms with Crippen LogP contribution in [0.2, 0.25) is 0 Å². The molecule has 0 amide bonds. The van der Waals surface area contributed by atoms with Crippen LogP contribution in [0.15, 0.2) is 81.2 Å². The topological polar surface area (TPSA) is 73.5 Å². The molecule has 0 spiro atoms. The zero-order valence-corrected chi connectivity index (χ0v) is 25.2. The normalized spacial score (nSPS) is 12.9.